The van der Waals surface area contributed by atoms with Crippen molar-refractivity contribution >= 4 is 29.3 Å². The van der Waals surface area contributed by atoms with Crippen LogP contribution >= 0.6 is 12.4 Å². The molecule has 0 fully saturated rings. The second-order valence-electron chi connectivity index (χ2n) is 4.05. The van der Waals surface area contributed by atoms with Gasteiger partial charge in [0.05, 0.1) is 0 Å². The summed E-state index contributed by atoms with van der Waals surface area (Å²) < 4.78 is 5.46. The van der Waals surface area contributed by atoms with Gasteiger partial charge < -0.3 is 15.1 Å². The van der Waals surface area contributed by atoms with E-state index in [9.17, 15) is 4.79 Å². The van der Waals surface area contributed by atoms with Gasteiger partial charge in [-0.25, -0.2) is 0 Å². The number of fused-ring (bicyclic) bond motifs is 1. The molecule has 98 valence electrons. The quantitative estimate of drug-likeness (QED) is 0.894. The van der Waals surface area contributed by atoms with Gasteiger partial charge in [-0.1, -0.05) is 18.2 Å². The average molecular weight is 269 g/mol. The highest BCUT2D eigenvalue weighted by atomic mass is 35.5. The minimum absolute atomic E-state index is 0. The molecule has 5 heteroatoms. The number of halogens is 1. The first-order valence-corrected chi connectivity index (χ1v) is 5.64. The van der Waals surface area contributed by atoms with Crippen LogP contribution in [0.3, 0.4) is 0 Å². The number of benzene rings is 1. The van der Waals surface area contributed by atoms with E-state index in [1.807, 2.05) is 38.2 Å². The van der Waals surface area contributed by atoms with Crippen molar-refractivity contribution in [1.82, 2.24) is 10.6 Å². The predicted molar refractivity (Wildman–Crippen MR) is 74.3 cm³/mol. The molecule has 1 aromatic carbocycles. The third-order valence-electron chi connectivity index (χ3n) is 2.71. The summed E-state index contributed by atoms with van der Waals surface area (Å²) in [6.45, 7) is 2.57. The summed E-state index contributed by atoms with van der Waals surface area (Å²) in [7, 11) is 1.86. The Morgan fingerprint density at radius 2 is 2.11 bits per heavy atom. The first-order chi connectivity index (χ1) is 8.20. The van der Waals surface area contributed by atoms with Gasteiger partial charge in [-0.05, 0) is 26.1 Å². The fourth-order valence-corrected chi connectivity index (χ4v) is 1.53. The lowest BCUT2D eigenvalue weighted by Gasteiger charge is -2.09. The van der Waals surface area contributed by atoms with Crippen molar-refractivity contribution in [3.05, 3.63) is 36.1 Å². The van der Waals surface area contributed by atoms with Crippen LogP contribution in [-0.2, 0) is 0 Å². The summed E-state index contributed by atoms with van der Waals surface area (Å²) in [5, 5.41) is 6.81. The molecular formula is C13H17ClN2O2. The maximum atomic E-state index is 11.8. The maximum Gasteiger partial charge on any atom is 0.287 e. The Balaban J connectivity index is 0.00000162. The van der Waals surface area contributed by atoms with Crippen LogP contribution in [0.15, 0.2) is 34.7 Å². The molecule has 0 aliphatic carbocycles. The Kier molecular flexibility index (Phi) is 5.19. The SMILES string of the molecule is CNC(C)CNC(=O)c1cc2ccccc2o1.Cl. The van der Waals surface area contributed by atoms with Gasteiger partial charge >= 0.3 is 0 Å². The van der Waals surface area contributed by atoms with Crippen LogP contribution in [0.2, 0.25) is 0 Å². The first kappa shape index (κ1) is 14.5. The van der Waals surface area contributed by atoms with E-state index >= 15 is 0 Å². The molecule has 0 saturated heterocycles. The van der Waals surface area contributed by atoms with Crippen LogP contribution in [0.4, 0.5) is 0 Å². The molecule has 0 bridgehead atoms. The van der Waals surface area contributed by atoms with Crippen molar-refractivity contribution in [2.75, 3.05) is 13.6 Å². The number of hydrogen-bond acceptors (Lipinski definition) is 3. The van der Waals surface area contributed by atoms with Crippen molar-refractivity contribution in [3.63, 3.8) is 0 Å². The van der Waals surface area contributed by atoms with Gasteiger partial charge in [0.25, 0.3) is 5.91 Å². The molecule has 2 rings (SSSR count). The Bertz CT molecular complexity index is 491. The molecule has 4 nitrogen and oxygen atoms in total. The zero-order chi connectivity index (χ0) is 12.3. The van der Waals surface area contributed by atoms with Crippen LogP contribution in [0.1, 0.15) is 17.5 Å². The van der Waals surface area contributed by atoms with E-state index < -0.39 is 0 Å². The lowest BCUT2D eigenvalue weighted by Crippen LogP contribution is -2.36. The molecule has 0 radical (unpaired) electrons. The molecule has 0 aliphatic rings. The fourth-order valence-electron chi connectivity index (χ4n) is 1.53. The van der Waals surface area contributed by atoms with Gasteiger partial charge in [0.15, 0.2) is 5.76 Å². The number of rotatable bonds is 4. The Hall–Kier alpha value is -1.52. The Morgan fingerprint density at radius 3 is 2.78 bits per heavy atom. The minimum atomic E-state index is -0.178. The largest absolute Gasteiger partial charge is 0.451 e. The highest BCUT2D eigenvalue weighted by Gasteiger charge is 2.12. The summed E-state index contributed by atoms with van der Waals surface area (Å²) in [6, 6.07) is 9.57. The lowest BCUT2D eigenvalue weighted by molar-refractivity contribution is 0.0925. The topological polar surface area (TPSA) is 54.3 Å². The van der Waals surface area contributed by atoms with Crippen LogP contribution in [0, 0.1) is 0 Å². The Morgan fingerprint density at radius 1 is 1.39 bits per heavy atom. The Labute approximate surface area is 112 Å². The molecule has 18 heavy (non-hydrogen) atoms. The molecule has 1 heterocycles. The molecule has 1 unspecified atom stereocenters. The van der Waals surface area contributed by atoms with Crippen LogP contribution in [0.25, 0.3) is 11.0 Å². The molecular weight excluding hydrogens is 252 g/mol. The third-order valence-corrected chi connectivity index (χ3v) is 2.71. The molecule has 0 aliphatic heterocycles. The fraction of sp³-hybridized carbons (Fsp3) is 0.308. The molecule has 0 saturated carbocycles. The van der Waals surface area contributed by atoms with E-state index in [2.05, 4.69) is 10.6 Å². The molecule has 0 spiro atoms. The van der Waals surface area contributed by atoms with Gasteiger partial charge in [0.1, 0.15) is 5.58 Å². The zero-order valence-electron chi connectivity index (χ0n) is 10.4. The van der Waals surface area contributed by atoms with Gasteiger partial charge in [-0.3, -0.25) is 4.79 Å². The van der Waals surface area contributed by atoms with Gasteiger partial charge in [-0.2, -0.15) is 0 Å². The van der Waals surface area contributed by atoms with Gasteiger partial charge in [0, 0.05) is 18.0 Å². The number of nitrogens with one attached hydrogen (secondary N) is 2. The number of carbonyl (C=O) groups is 1. The number of carbonyl (C=O) groups excluding carboxylic acids is 1. The summed E-state index contributed by atoms with van der Waals surface area (Å²) in [5.41, 5.74) is 0.735. The summed E-state index contributed by atoms with van der Waals surface area (Å²) >= 11 is 0. The number of para-hydroxylation sites is 1. The maximum absolute atomic E-state index is 11.8. The first-order valence-electron chi connectivity index (χ1n) is 5.64. The molecule has 2 N–H and O–H groups in total. The van der Waals surface area contributed by atoms with Gasteiger partial charge in [-0.15, -0.1) is 12.4 Å². The van der Waals surface area contributed by atoms with E-state index in [1.165, 1.54) is 0 Å². The van der Waals surface area contributed by atoms with E-state index in [-0.39, 0.29) is 24.4 Å². The van der Waals surface area contributed by atoms with E-state index in [0.717, 1.165) is 11.0 Å². The highest BCUT2D eigenvalue weighted by Crippen LogP contribution is 2.18. The molecule has 1 aromatic heterocycles. The smallest absolute Gasteiger partial charge is 0.287 e. The average Bonchev–Trinajstić information content (AvgIpc) is 2.79. The normalized spacial score (nSPS) is 11.9. The summed E-state index contributed by atoms with van der Waals surface area (Å²) in [4.78, 5) is 11.8. The number of likely N-dealkylation sites (N-methyl/N-ethyl adjacent to an activating group) is 1. The van der Waals surface area contributed by atoms with Crippen LogP contribution < -0.4 is 10.6 Å². The second-order valence-corrected chi connectivity index (χ2v) is 4.05. The minimum Gasteiger partial charge on any atom is -0.451 e. The van der Waals surface area contributed by atoms with Gasteiger partial charge in [0.2, 0.25) is 0 Å². The molecule has 2 aromatic rings. The number of furan rings is 1. The van der Waals surface area contributed by atoms with Crippen molar-refractivity contribution in [2.24, 2.45) is 0 Å². The number of hydrogen-bond donors (Lipinski definition) is 2. The van der Waals surface area contributed by atoms with E-state index in [1.54, 1.807) is 6.07 Å². The summed E-state index contributed by atoms with van der Waals surface area (Å²) in [5.74, 6) is 0.179. The lowest BCUT2D eigenvalue weighted by atomic mass is 10.2. The van der Waals surface area contributed by atoms with Crippen LogP contribution in [-0.4, -0.2) is 25.5 Å². The monoisotopic (exact) mass is 268 g/mol. The number of amides is 1. The third kappa shape index (κ3) is 3.24. The van der Waals surface area contributed by atoms with Crippen molar-refractivity contribution in [2.45, 2.75) is 13.0 Å². The van der Waals surface area contributed by atoms with Crippen LogP contribution in [0.5, 0.6) is 0 Å². The zero-order valence-corrected chi connectivity index (χ0v) is 11.2. The predicted octanol–water partition coefficient (Wildman–Crippen LogP) is 2.19. The highest BCUT2D eigenvalue weighted by molar-refractivity contribution is 5.96. The van der Waals surface area contributed by atoms with Crippen molar-refractivity contribution < 1.29 is 9.21 Å². The standard InChI is InChI=1S/C13H16N2O2.ClH/c1-9(14-2)8-15-13(16)12-7-10-5-3-4-6-11(10)17-12;/h3-7,9,14H,8H2,1-2H3,(H,15,16);1H. The second kappa shape index (κ2) is 6.42. The van der Waals surface area contributed by atoms with Crippen molar-refractivity contribution in [3.8, 4) is 0 Å². The summed E-state index contributed by atoms with van der Waals surface area (Å²) in [6.07, 6.45) is 0. The van der Waals surface area contributed by atoms with E-state index in [0.29, 0.717) is 12.3 Å². The molecule has 1 amide bonds. The molecule has 1 atom stereocenters. The van der Waals surface area contributed by atoms with Crippen molar-refractivity contribution in [1.29, 1.82) is 0 Å². The van der Waals surface area contributed by atoms with E-state index in [4.69, 9.17) is 4.42 Å².